The maximum atomic E-state index is 14.0. The second-order valence-corrected chi connectivity index (χ2v) is 23.8. The number of carbonyl (C=O) groups excluding carboxylic acids is 4. The topological polar surface area (TPSA) is 229 Å². The Hall–Kier alpha value is -6.52. The third-order valence-corrected chi connectivity index (χ3v) is 15.7. The van der Waals surface area contributed by atoms with Gasteiger partial charge < -0.3 is 45.4 Å². The summed E-state index contributed by atoms with van der Waals surface area (Å²) < 4.78 is 39.9. The van der Waals surface area contributed by atoms with Gasteiger partial charge in [0.1, 0.15) is 17.9 Å². The van der Waals surface area contributed by atoms with Crippen LogP contribution in [0.2, 0.25) is 0 Å². The van der Waals surface area contributed by atoms with Gasteiger partial charge in [0, 0.05) is 80.1 Å². The summed E-state index contributed by atoms with van der Waals surface area (Å²) in [5, 5.41) is 12.4. The molecule has 0 aliphatic carbocycles. The molecule has 408 valence electrons. The van der Waals surface area contributed by atoms with Gasteiger partial charge in [-0.3, -0.25) is 19.2 Å². The molecule has 7 rings (SSSR count). The van der Waals surface area contributed by atoms with E-state index in [0.717, 1.165) is 38.6 Å². The molecule has 4 heterocycles. The van der Waals surface area contributed by atoms with Gasteiger partial charge in [0.2, 0.25) is 39.6 Å². The van der Waals surface area contributed by atoms with E-state index in [4.69, 9.17) is 9.47 Å². The molecular formula is C55H73N11O8S2. The molecule has 2 aliphatic heterocycles. The number of nitrogens with zero attached hydrogens (tertiary/aromatic N) is 6. The predicted octanol–water partition coefficient (Wildman–Crippen LogP) is 7.08. The Labute approximate surface area is 451 Å². The SMILES string of the molecule is Cc1cnc(Nc2ccc(N3CCN(C(=O)CCOCCOCCC(=O)NC(C(=O)N4CCC[C@H]4C(=O)NCc4ccc(-c5scnc5C)cc4)C(C)(C)C)CC3)cc2)nc1Nc1cccc(S(=O)(=O)NC(C)(C)C)c1. The van der Waals surface area contributed by atoms with Gasteiger partial charge in [0.15, 0.2) is 0 Å². The van der Waals surface area contributed by atoms with Crippen LogP contribution in [0, 0.1) is 19.3 Å². The molecule has 2 fully saturated rings. The number of rotatable bonds is 22. The van der Waals surface area contributed by atoms with Crippen LogP contribution in [0.5, 0.6) is 0 Å². The molecule has 3 aromatic carbocycles. The van der Waals surface area contributed by atoms with E-state index in [0.29, 0.717) is 69.6 Å². The van der Waals surface area contributed by atoms with Crippen LogP contribution in [0.25, 0.3) is 10.4 Å². The number of ether oxygens (including phenoxy) is 2. The zero-order valence-electron chi connectivity index (χ0n) is 44.9. The zero-order chi connectivity index (χ0) is 54.6. The monoisotopic (exact) mass is 1080 g/mol. The minimum Gasteiger partial charge on any atom is -0.379 e. The van der Waals surface area contributed by atoms with Crippen LogP contribution in [0.1, 0.15) is 84.0 Å². The molecule has 2 atom stereocenters. The fraction of sp³-hybridized carbons (Fsp3) is 0.473. The Morgan fingerprint density at radius 3 is 2.16 bits per heavy atom. The van der Waals surface area contributed by atoms with Gasteiger partial charge in [-0.15, -0.1) is 11.3 Å². The number of sulfonamides is 1. The van der Waals surface area contributed by atoms with Gasteiger partial charge in [-0.05, 0) is 106 Å². The maximum Gasteiger partial charge on any atom is 0.246 e. The minimum atomic E-state index is -3.72. The molecule has 5 N–H and O–H groups in total. The highest BCUT2D eigenvalue weighted by molar-refractivity contribution is 7.89. The molecule has 0 saturated carbocycles. The van der Waals surface area contributed by atoms with Crippen molar-refractivity contribution in [2.75, 3.05) is 74.7 Å². The minimum absolute atomic E-state index is 0.0204. The third kappa shape index (κ3) is 16.0. The Kier molecular flexibility index (Phi) is 19.2. The fourth-order valence-corrected chi connectivity index (χ4v) is 11.2. The maximum absolute atomic E-state index is 14.0. The number of hydrogen-bond acceptors (Lipinski definition) is 15. The molecule has 19 nitrogen and oxygen atoms in total. The number of aryl methyl sites for hydroxylation is 2. The summed E-state index contributed by atoms with van der Waals surface area (Å²) in [4.78, 5) is 73.9. The first kappa shape index (κ1) is 57.2. The van der Waals surface area contributed by atoms with Crippen molar-refractivity contribution in [2.45, 2.75) is 110 Å². The van der Waals surface area contributed by atoms with E-state index >= 15 is 0 Å². The Balaban J connectivity index is 0.763. The highest BCUT2D eigenvalue weighted by Crippen LogP contribution is 2.30. The second kappa shape index (κ2) is 25.5. The average Bonchev–Trinajstić information content (AvgIpc) is 4.06. The lowest BCUT2D eigenvalue weighted by Crippen LogP contribution is -2.57. The standard InChI is InChI=1S/C55H73N11O8S2/c1-37-34-57-53(62-50(37)59-42-11-9-12-44(33-42)76(71,72)63-55(6,7)8)60-41-18-20-43(21-19-41)64-25-27-65(28-26-64)47(68)23-30-74-32-31-73-29-22-46(67)61-49(54(3,4)5)52(70)66-24-10-13-45(66)51(69)56-35-39-14-16-40(17-15-39)48-38(2)58-36-75-48/h9,11-12,14-21,33-34,36,45,49,63H,10,13,22-32,35H2,1-8H3,(H,56,69)(H,61,67)(H2,57,59,60,62)/t45-,49?/m0/s1. The molecule has 4 amide bonds. The van der Waals surface area contributed by atoms with E-state index in [1.807, 2.05) is 93.6 Å². The van der Waals surface area contributed by atoms with E-state index in [9.17, 15) is 27.6 Å². The van der Waals surface area contributed by atoms with Crippen LogP contribution in [0.3, 0.4) is 0 Å². The van der Waals surface area contributed by atoms with Crippen molar-refractivity contribution in [3.05, 3.63) is 101 Å². The van der Waals surface area contributed by atoms with Gasteiger partial charge in [-0.25, -0.2) is 23.1 Å². The second-order valence-electron chi connectivity index (χ2n) is 21.2. The molecule has 5 aromatic rings. The first-order valence-corrected chi connectivity index (χ1v) is 28.2. The number of carbonyl (C=O) groups is 4. The number of thiazole rings is 1. The summed E-state index contributed by atoms with van der Waals surface area (Å²) in [6, 6.07) is 21.1. The number of benzene rings is 3. The number of hydrogen-bond donors (Lipinski definition) is 5. The van der Waals surface area contributed by atoms with Gasteiger partial charge >= 0.3 is 0 Å². The van der Waals surface area contributed by atoms with Crippen LogP contribution < -0.4 is 30.9 Å². The van der Waals surface area contributed by atoms with Gasteiger partial charge in [-0.1, -0.05) is 51.1 Å². The fourth-order valence-electron chi connectivity index (χ4n) is 8.88. The van der Waals surface area contributed by atoms with Crippen molar-refractivity contribution in [3.63, 3.8) is 0 Å². The molecule has 21 heteroatoms. The average molecular weight is 1080 g/mol. The summed E-state index contributed by atoms with van der Waals surface area (Å²) in [7, 11) is -3.72. The van der Waals surface area contributed by atoms with Gasteiger partial charge in [-0.2, -0.15) is 4.98 Å². The van der Waals surface area contributed by atoms with E-state index in [2.05, 4.69) is 45.8 Å². The summed E-state index contributed by atoms with van der Waals surface area (Å²) >= 11 is 1.59. The number of amides is 4. The van der Waals surface area contributed by atoms with Crippen molar-refractivity contribution in [3.8, 4) is 10.4 Å². The van der Waals surface area contributed by atoms with Crippen LogP contribution >= 0.6 is 11.3 Å². The summed E-state index contributed by atoms with van der Waals surface area (Å²) in [5.74, 6) is 0.115. The van der Waals surface area contributed by atoms with Crippen LogP contribution in [-0.2, 0) is 45.2 Å². The molecule has 0 spiro atoms. The number of aromatic nitrogens is 3. The highest BCUT2D eigenvalue weighted by Gasteiger charge is 2.42. The van der Waals surface area contributed by atoms with Crippen molar-refractivity contribution in [2.24, 2.45) is 5.41 Å². The van der Waals surface area contributed by atoms with E-state index in [-0.39, 0.29) is 67.8 Å². The van der Waals surface area contributed by atoms with Crippen LogP contribution in [0.4, 0.5) is 28.8 Å². The summed E-state index contributed by atoms with van der Waals surface area (Å²) in [5.41, 5.74) is 6.77. The summed E-state index contributed by atoms with van der Waals surface area (Å²) in [6.07, 6.45) is 3.23. The van der Waals surface area contributed by atoms with Crippen molar-refractivity contribution >= 4 is 73.8 Å². The molecule has 0 radical (unpaired) electrons. The molecule has 1 unspecified atom stereocenters. The highest BCUT2D eigenvalue weighted by atomic mass is 32.2. The van der Waals surface area contributed by atoms with Gasteiger partial charge in [0.25, 0.3) is 0 Å². The predicted molar refractivity (Wildman–Crippen MR) is 296 cm³/mol. The number of likely N-dealkylation sites (tertiary alicyclic amines) is 1. The Bertz CT molecular complexity index is 2900. The normalized spacial score (nSPS) is 15.6. The number of nitrogens with one attached hydrogen (secondary N) is 5. The van der Waals surface area contributed by atoms with Crippen LogP contribution in [0.15, 0.2) is 89.4 Å². The van der Waals surface area contributed by atoms with Crippen molar-refractivity contribution in [1.82, 2.24) is 40.1 Å². The molecule has 0 bridgehead atoms. The molecule has 2 aliphatic rings. The lowest BCUT2D eigenvalue weighted by atomic mass is 9.85. The van der Waals surface area contributed by atoms with Crippen molar-refractivity contribution < 1.29 is 37.1 Å². The first-order valence-electron chi connectivity index (χ1n) is 25.8. The van der Waals surface area contributed by atoms with Gasteiger partial charge in [0.05, 0.1) is 53.8 Å². The van der Waals surface area contributed by atoms with E-state index in [1.165, 1.54) is 0 Å². The lowest BCUT2D eigenvalue weighted by Gasteiger charge is -2.36. The molecule has 76 heavy (non-hydrogen) atoms. The first-order chi connectivity index (χ1) is 36.1. The summed E-state index contributed by atoms with van der Waals surface area (Å²) in [6.45, 7) is 19.1. The zero-order valence-corrected chi connectivity index (χ0v) is 46.5. The largest absolute Gasteiger partial charge is 0.379 e. The molecule has 2 aromatic heterocycles. The molecule has 2 saturated heterocycles. The smallest absolute Gasteiger partial charge is 0.246 e. The van der Waals surface area contributed by atoms with Crippen molar-refractivity contribution in [1.29, 1.82) is 0 Å². The van der Waals surface area contributed by atoms with Crippen LogP contribution in [-0.4, -0.2) is 134 Å². The lowest BCUT2D eigenvalue weighted by molar-refractivity contribution is -0.144. The van der Waals surface area contributed by atoms with E-state index in [1.54, 1.807) is 67.5 Å². The number of anilines is 5. The molecular weight excluding hydrogens is 1010 g/mol. The van der Waals surface area contributed by atoms with E-state index < -0.39 is 33.1 Å². The Morgan fingerprint density at radius 2 is 1.50 bits per heavy atom. The quantitative estimate of drug-likeness (QED) is 0.0437. The third-order valence-electron chi connectivity index (χ3n) is 12.9. The number of piperazine rings is 1. The Morgan fingerprint density at radius 1 is 0.803 bits per heavy atom.